The minimum absolute atomic E-state index is 0.0279. The van der Waals surface area contributed by atoms with Crippen molar-refractivity contribution in [2.45, 2.75) is 119 Å². The van der Waals surface area contributed by atoms with Gasteiger partial charge < -0.3 is 0 Å². The van der Waals surface area contributed by atoms with Crippen LogP contribution in [0, 0.1) is 11.3 Å². The third kappa shape index (κ3) is 7.13. The van der Waals surface area contributed by atoms with Crippen LogP contribution in [-0.4, -0.2) is 11.6 Å². The molecule has 1 atom stereocenters. The number of fused-ring (bicyclic) bond motifs is 2. The van der Waals surface area contributed by atoms with Gasteiger partial charge in [-0.1, -0.05) is 86.9 Å². The van der Waals surface area contributed by atoms with E-state index in [4.69, 9.17) is 0 Å². The molecule has 1 aliphatic carbocycles. The fourth-order valence-electron chi connectivity index (χ4n) is 5.12. The lowest BCUT2D eigenvalue weighted by molar-refractivity contribution is 0.0978. The van der Waals surface area contributed by atoms with Crippen molar-refractivity contribution in [3.8, 4) is 0 Å². The Morgan fingerprint density at radius 3 is 1.58 bits per heavy atom. The number of benzene rings is 2. The molecule has 3 rings (SSSR count). The van der Waals surface area contributed by atoms with Crippen LogP contribution in [0.4, 0.5) is 0 Å². The minimum atomic E-state index is -0.0817. The smallest absolute Gasteiger partial charge is 0.194 e. The van der Waals surface area contributed by atoms with Crippen LogP contribution in [0.5, 0.6) is 0 Å². The molecule has 0 N–H and O–H groups in total. The van der Waals surface area contributed by atoms with Gasteiger partial charge in [-0.2, -0.15) is 0 Å². The predicted octanol–water partition coefficient (Wildman–Crippen LogP) is 10.3. The Hall–Kier alpha value is -2.48. The Morgan fingerprint density at radius 1 is 0.737 bits per heavy atom. The summed E-state index contributed by atoms with van der Waals surface area (Å²) in [5.74, 6) is 0.526. The molecular weight excluding hydrogens is 464 g/mol. The SMILES string of the molecule is C=C(C)CCCC(C)(C)c1ccc2c(c1)C(=O)c1cc(C(C)(C)CCC(C)C(C)(C)C)ccc1C2=O.CC. The second kappa shape index (κ2) is 12.1. The quantitative estimate of drug-likeness (QED) is 0.265. The normalized spacial score (nSPS) is 14.3. The van der Waals surface area contributed by atoms with Crippen LogP contribution < -0.4 is 0 Å². The maximum absolute atomic E-state index is 13.7. The van der Waals surface area contributed by atoms with Crippen molar-refractivity contribution < 1.29 is 9.59 Å². The number of allylic oxidation sites excluding steroid dienone is 1. The first-order valence-electron chi connectivity index (χ1n) is 14.6. The summed E-state index contributed by atoms with van der Waals surface area (Å²) in [4.78, 5) is 27.1. The highest BCUT2D eigenvalue weighted by Gasteiger charge is 2.33. The molecule has 208 valence electrons. The number of carbonyl (C=O) groups is 2. The zero-order chi connectivity index (χ0) is 29.1. The summed E-state index contributed by atoms with van der Waals surface area (Å²) in [6.45, 7) is 28.2. The third-order valence-corrected chi connectivity index (χ3v) is 8.67. The zero-order valence-electron chi connectivity index (χ0n) is 26.1. The molecule has 1 aliphatic rings. The summed E-state index contributed by atoms with van der Waals surface area (Å²) in [6.07, 6.45) is 5.22. The molecule has 0 amide bonds. The van der Waals surface area contributed by atoms with Gasteiger partial charge in [-0.15, -0.1) is 6.58 Å². The molecule has 0 saturated heterocycles. The molecule has 1 unspecified atom stereocenters. The van der Waals surface area contributed by atoms with E-state index in [1.807, 2.05) is 44.2 Å². The number of hydrogen-bond donors (Lipinski definition) is 0. The summed E-state index contributed by atoms with van der Waals surface area (Å²) in [5, 5.41) is 0. The molecule has 2 aromatic rings. The van der Waals surface area contributed by atoms with Gasteiger partial charge in [0, 0.05) is 22.3 Å². The van der Waals surface area contributed by atoms with E-state index in [1.54, 1.807) is 0 Å². The maximum atomic E-state index is 13.7. The van der Waals surface area contributed by atoms with Gasteiger partial charge >= 0.3 is 0 Å². The van der Waals surface area contributed by atoms with Crippen LogP contribution in [0.2, 0.25) is 0 Å². The van der Waals surface area contributed by atoms with Crippen LogP contribution in [0.25, 0.3) is 0 Å². The van der Waals surface area contributed by atoms with Crippen molar-refractivity contribution in [2.75, 3.05) is 0 Å². The highest BCUT2D eigenvalue weighted by molar-refractivity contribution is 6.28. The number of hydrogen-bond acceptors (Lipinski definition) is 2. The lowest BCUT2D eigenvalue weighted by Gasteiger charge is -2.32. The molecule has 0 bridgehead atoms. The van der Waals surface area contributed by atoms with Crippen LogP contribution in [0.15, 0.2) is 48.6 Å². The molecule has 2 nitrogen and oxygen atoms in total. The molecule has 2 heteroatoms. The first-order valence-corrected chi connectivity index (χ1v) is 14.6. The van der Waals surface area contributed by atoms with E-state index in [2.05, 4.69) is 75.0 Å². The zero-order valence-corrected chi connectivity index (χ0v) is 26.1. The van der Waals surface area contributed by atoms with Gasteiger partial charge in [0.1, 0.15) is 0 Å². The Balaban J connectivity index is 0.00000247. The van der Waals surface area contributed by atoms with E-state index >= 15 is 0 Å². The fraction of sp³-hybridized carbons (Fsp3) is 0.556. The number of rotatable bonds is 9. The summed E-state index contributed by atoms with van der Waals surface area (Å²) >= 11 is 0. The first-order chi connectivity index (χ1) is 17.5. The first kappa shape index (κ1) is 31.7. The van der Waals surface area contributed by atoms with E-state index < -0.39 is 0 Å². The van der Waals surface area contributed by atoms with E-state index in [1.165, 1.54) is 5.57 Å². The Morgan fingerprint density at radius 2 is 1.16 bits per heavy atom. The minimum Gasteiger partial charge on any atom is -0.289 e. The van der Waals surface area contributed by atoms with Gasteiger partial charge in [-0.05, 0) is 96.6 Å². The van der Waals surface area contributed by atoms with Crippen molar-refractivity contribution in [3.05, 3.63) is 81.9 Å². The molecular formula is C36H52O2. The summed E-state index contributed by atoms with van der Waals surface area (Å²) < 4.78 is 0. The van der Waals surface area contributed by atoms with Gasteiger partial charge in [0.05, 0.1) is 0 Å². The van der Waals surface area contributed by atoms with Crippen LogP contribution in [-0.2, 0) is 10.8 Å². The second-order valence-corrected chi connectivity index (χ2v) is 13.6. The Bertz CT molecular complexity index is 1170. The number of carbonyl (C=O) groups excluding carboxylic acids is 2. The molecule has 0 radical (unpaired) electrons. The van der Waals surface area contributed by atoms with Crippen LogP contribution in [0.3, 0.4) is 0 Å². The topological polar surface area (TPSA) is 34.1 Å². The lowest BCUT2D eigenvalue weighted by atomic mass is 9.72. The van der Waals surface area contributed by atoms with Crippen molar-refractivity contribution >= 4 is 11.6 Å². The average Bonchev–Trinajstić information content (AvgIpc) is 2.85. The molecule has 0 saturated carbocycles. The highest BCUT2D eigenvalue weighted by Crippen LogP contribution is 2.38. The maximum Gasteiger partial charge on any atom is 0.194 e. The summed E-state index contributed by atoms with van der Waals surface area (Å²) in [7, 11) is 0. The average molecular weight is 517 g/mol. The van der Waals surface area contributed by atoms with Crippen LogP contribution >= 0.6 is 0 Å². The van der Waals surface area contributed by atoms with Gasteiger partial charge in [0.25, 0.3) is 0 Å². The molecule has 0 heterocycles. The second-order valence-electron chi connectivity index (χ2n) is 13.6. The monoisotopic (exact) mass is 516 g/mol. The summed E-state index contributed by atoms with van der Waals surface area (Å²) in [5.41, 5.74) is 5.71. The van der Waals surface area contributed by atoms with Crippen LogP contribution in [0.1, 0.15) is 151 Å². The van der Waals surface area contributed by atoms with E-state index in [-0.39, 0.29) is 27.8 Å². The van der Waals surface area contributed by atoms with Gasteiger partial charge in [0.2, 0.25) is 0 Å². The molecule has 0 spiro atoms. The van der Waals surface area contributed by atoms with E-state index in [9.17, 15) is 9.59 Å². The predicted molar refractivity (Wildman–Crippen MR) is 164 cm³/mol. The van der Waals surface area contributed by atoms with E-state index in [0.717, 1.165) is 43.2 Å². The third-order valence-electron chi connectivity index (χ3n) is 8.67. The van der Waals surface area contributed by atoms with Crippen molar-refractivity contribution in [3.63, 3.8) is 0 Å². The molecule has 2 aromatic carbocycles. The molecule has 0 aliphatic heterocycles. The molecule has 0 fully saturated rings. The lowest BCUT2D eigenvalue weighted by Crippen LogP contribution is -2.26. The number of ketones is 2. The fourth-order valence-corrected chi connectivity index (χ4v) is 5.12. The van der Waals surface area contributed by atoms with Crippen molar-refractivity contribution in [1.82, 2.24) is 0 Å². The standard InChI is InChI=1S/C34H46O2.C2H6/c1-22(2)12-11-18-33(7,8)24-13-15-26-28(20-24)31(36)29-21-25(14-16-27(29)30(26)35)34(9,10)19-17-23(3)32(4,5)6;1-2/h13-16,20-21,23H,1,11-12,17-19H2,2-10H3;1-2H3. The Labute approximate surface area is 233 Å². The Kier molecular flexibility index (Phi) is 10.1. The summed E-state index contributed by atoms with van der Waals surface area (Å²) in [6, 6.07) is 11.8. The van der Waals surface area contributed by atoms with Gasteiger partial charge in [0.15, 0.2) is 11.6 Å². The van der Waals surface area contributed by atoms with Crippen molar-refractivity contribution in [2.24, 2.45) is 11.3 Å². The van der Waals surface area contributed by atoms with Crippen molar-refractivity contribution in [1.29, 1.82) is 0 Å². The highest BCUT2D eigenvalue weighted by atomic mass is 16.1. The van der Waals surface area contributed by atoms with E-state index in [0.29, 0.717) is 28.2 Å². The largest absolute Gasteiger partial charge is 0.289 e. The molecule has 0 aromatic heterocycles. The van der Waals surface area contributed by atoms with Gasteiger partial charge in [-0.25, -0.2) is 0 Å². The van der Waals surface area contributed by atoms with Gasteiger partial charge in [-0.3, -0.25) is 9.59 Å². The molecule has 38 heavy (non-hydrogen) atoms.